The van der Waals surface area contributed by atoms with E-state index in [2.05, 4.69) is 21.2 Å². The number of carbonyl (C=O) groups is 1. The normalized spacial score (nSPS) is 9.81. The molecule has 21 heavy (non-hydrogen) atoms. The van der Waals surface area contributed by atoms with Gasteiger partial charge in [0.15, 0.2) is 0 Å². The van der Waals surface area contributed by atoms with Gasteiger partial charge in [-0.3, -0.25) is 4.79 Å². The summed E-state index contributed by atoms with van der Waals surface area (Å²) in [7, 11) is 1.53. The highest BCUT2D eigenvalue weighted by atomic mass is 79.9. The van der Waals surface area contributed by atoms with Crippen molar-refractivity contribution in [2.24, 2.45) is 0 Å². The first kappa shape index (κ1) is 15.4. The second-order valence-corrected chi connectivity index (χ2v) is 5.37. The average Bonchev–Trinajstić information content (AvgIpc) is 2.49. The number of ether oxygens (including phenoxy) is 1. The molecule has 0 radical (unpaired) electrons. The highest BCUT2D eigenvalue weighted by Gasteiger charge is 2.13. The number of nitrogens with zero attached hydrogens (tertiary/aromatic N) is 1. The van der Waals surface area contributed by atoms with Gasteiger partial charge in [-0.2, -0.15) is 5.26 Å². The van der Waals surface area contributed by atoms with E-state index in [0.29, 0.717) is 32.1 Å². The Balaban J connectivity index is 2.32. The van der Waals surface area contributed by atoms with Gasteiger partial charge in [0.1, 0.15) is 5.75 Å². The van der Waals surface area contributed by atoms with E-state index < -0.39 is 0 Å². The van der Waals surface area contributed by atoms with Crippen LogP contribution in [0, 0.1) is 11.3 Å². The molecule has 0 spiro atoms. The van der Waals surface area contributed by atoms with Crippen molar-refractivity contribution >= 4 is 39.1 Å². The zero-order valence-electron chi connectivity index (χ0n) is 11.0. The smallest absolute Gasteiger partial charge is 0.256 e. The molecule has 0 saturated carbocycles. The lowest BCUT2D eigenvalue weighted by atomic mass is 10.1. The molecular weight excluding hydrogens is 356 g/mol. The average molecular weight is 366 g/mol. The Morgan fingerprint density at radius 1 is 1.33 bits per heavy atom. The van der Waals surface area contributed by atoms with Gasteiger partial charge in [0.2, 0.25) is 0 Å². The minimum absolute atomic E-state index is 0.349. The van der Waals surface area contributed by atoms with Crippen LogP contribution < -0.4 is 10.1 Å². The topological polar surface area (TPSA) is 62.1 Å². The summed E-state index contributed by atoms with van der Waals surface area (Å²) in [4.78, 5) is 12.3. The van der Waals surface area contributed by atoms with Gasteiger partial charge in [-0.25, -0.2) is 0 Å². The summed E-state index contributed by atoms with van der Waals surface area (Å²) in [6.45, 7) is 0. The molecule has 0 fully saturated rings. The van der Waals surface area contributed by atoms with Crippen LogP contribution in [0.1, 0.15) is 15.9 Å². The van der Waals surface area contributed by atoms with Crippen molar-refractivity contribution < 1.29 is 9.53 Å². The standard InChI is InChI=1S/C15H10BrClN2O2/c1-21-10-3-4-12(16)11(7-10)15(20)19-14-6-9(8-18)2-5-13(14)17/h2-7H,1H3,(H,19,20). The second-order valence-electron chi connectivity index (χ2n) is 4.11. The molecule has 2 aromatic rings. The number of anilines is 1. The van der Waals surface area contributed by atoms with Crippen molar-refractivity contribution in [1.82, 2.24) is 0 Å². The van der Waals surface area contributed by atoms with Gasteiger partial charge in [0.05, 0.1) is 35.0 Å². The van der Waals surface area contributed by atoms with Crippen LogP contribution in [0.2, 0.25) is 5.02 Å². The highest BCUT2D eigenvalue weighted by molar-refractivity contribution is 9.10. The van der Waals surface area contributed by atoms with Crippen molar-refractivity contribution in [1.29, 1.82) is 5.26 Å². The van der Waals surface area contributed by atoms with Crippen LogP contribution in [0.4, 0.5) is 5.69 Å². The lowest BCUT2D eigenvalue weighted by Crippen LogP contribution is -2.13. The quantitative estimate of drug-likeness (QED) is 0.885. The van der Waals surface area contributed by atoms with E-state index in [1.807, 2.05) is 6.07 Å². The third-order valence-electron chi connectivity index (χ3n) is 2.76. The first-order chi connectivity index (χ1) is 10.0. The first-order valence-electron chi connectivity index (χ1n) is 5.89. The highest BCUT2D eigenvalue weighted by Crippen LogP contribution is 2.26. The Morgan fingerprint density at radius 3 is 2.76 bits per heavy atom. The van der Waals surface area contributed by atoms with Crippen LogP contribution in [0.3, 0.4) is 0 Å². The number of benzene rings is 2. The van der Waals surface area contributed by atoms with Gasteiger partial charge < -0.3 is 10.1 Å². The molecule has 0 aliphatic carbocycles. The SMILES string of the molecule is COc1ccc(Br)c(C(=O)Nc2cc(C#N)ccc2Cl)c1. The van der Waals surface area contributed by atoms with Crippen LogP contribution in [-0.4, -0.2) is 13.0 Å². The van der Waals surface area contributed by atoms with E-state index >= 15 is 0 Å². The number of methoxy groups -OCH3 is 1. The number of carbonyl (C=O) groups excluding carboxylic acids is 1. The Labute approximate surface area is 135 Å². The van der Waals surface area contributed by atoms with E-state index in [9.17, 15) is 4.79 Å². The van der Waals surface area contributed by atoms with Crippen molar-refractivity contribution in [2.75, 3.05) is 12.4 Å². The number of hydrogen-bond acceptors (Lipinski definition) is 3. The maximum absolute atomic E-state index is 12.3. The largest absolute Gasteiger partial charge is 0.497 e. The molecule has 0 heterocycles. The molecule has 2 rings (SSSR count). The Bertz CT molecular complexity index is 741. The predicted molar refractivity (Wildman–Crippen MR) is 84.8 cm³/mol. The van der Waals surface area contributed by atoms with E-state index in [1.54, 1.807) is 30.3 Å². The molecule has 1 amide bonds. The third-order valence-corrected chi connectivity index (χ3v) is 3.78. The first-order valence-corrected chi connectivity index (χ1v) is 7.07. The summed E-state index contributed by atoms with van der Waals surface area (Å²) in [5.74, 6) is 0.220. The van der Waals surface area contributed by atoms with Crippen LogP contribution in [0.5, 0.6) is 5.75 Å². The van der Waals surface area contributed by atoms with Crippen LogP contribution in [0.25, 0.3) is 0 Å². The molecule has 0 saturated heterocycles. The number of nitrogens with one attached hydrogen (secondary N) is 1. The predicted octanol–water partition coefficient (Wildman–Crippen LogP) is 4.24. The van der Waals surface area contributed by atoms with E-state index in [4.69, 9.17) is 21.6 Å². The Hall–Kier alpha value is -2.03. The lowest BCUT2D eigenvalue weighted by Gasteiger charge is -2.10. The van der Waals surface area contributed by atoms with Gasteiger partial charge in [0.25, 0.3) is 5.91 Å². The molecule has 106 valence electrons. The molecular formula is C15H10BrClN2O2. The van der Waals surface area contributed by atoms with Gasteiger partial charge in [-0.15, -0.1) is 0 Å². The van der Waals surface area contributed by atoms with Crippen molar-refractivity contribution in [3.05, 3.63) is 57.0 Å². The number of halogens is 2. The molecule has 1 N–H and O–H groups in total. The minimum atomic E-state index is -0.349. The third kappa shape index (κ3) is 3.54. The van der Waals surface area contributed by atoms with Gasteiger partial charge >= 0.3 is 0 Å². The van der Waals surface area contributed by atoms with Gasteiger partial charge in [0, 0.05) is 4.47 Å². The molecule has 0 bridgehead atoms. The summed E-state index contributed by atoms with van der Waals surface area (Å²) in [6.07, 6.45) is 0. The fraction of sp³-hybridized carbons (Fsp3) is 0.0667. The molecule has 0 aromatic heterocycles. The van der Waals surface area contributed by atoms with Crippen LogP contribution in [-0.2, 0) is 0 Å². The number of hydrogen-bond donors (Lipinski definition) is 1. The molecule has 0 aliphatic rings. The van der Waals surface area contributed by atoms with E-state index in [1.165, 1.54) is 13.2 Å². The summed E-state index contributed by atoms with van der Waals surface area (Å²) in [5, 5.41) is 11.9. The Kier molecular flexibility index (Phi) is 4.84. The molecule has 4 nitrogen and oxygen atoms in total. The molecule has 0 unspecified atom stereocenters. The maximum Gasteiger partial charge on any atom is 0.256 e. The zero-order valence-corrected chi connectivity index (χ0v) is 13.3. The minimum Gasteiger partial charge on any atom is -0.497 e. The lowest BCUT2D eigenvalue weighted by molar-refractivity contribution is 0.102. The second kappa shape index (κ2) is 6.61. The molecule has 6 heteroatoms. The number of nitriles is 1. The van der Waals surface area contributed by atoms with Crippen molar-refractivity contribution in [3.63, 3.8) is 0 Å². The van der Waals surface area contributed by atoms with Crippen LogP contribution >= 0.6 is 27.5 Å². The van der Waals surface area contributed by atoms with Crippen molar-refractivity contribution in [2.45, 2.75) is 0 Å². The van der Waals surface area contributed by atoms with E-state index in [-0.39, 0.29) is 5.91 Å². The molecule has 0 aliphatic heterocycles. The zero-order chi connectivity index (χ0) is 15.4. The van der Waals surface area contributed by atoms with E-state index in [0.717, 1.165) is 0 Å². The van der Waals surface area contributed by atoms with Crippen molar-refractivity contribution in [3.8, 4) is 11.8 Å². The van der Waals surface area contributed by atoms with Gasteiger partial charge in [-0.05, 0) is 52.3 Å². The van der Waals surface area contributed by atoms with Crippen LogP contribution in [0.15, 0.2) is 40.9 Å². The number of rotatable bonds is 3. The summed E-state index contributed by atoms with van der Waals surface area (Å²) < 4.78 is 5.73. The molecule has 0 atom stereocenters. The summed E-state index contributed by atoms with van der Waals surface area (Å²) in [5.41, 5.74) is 1.21. The summed E-state index contributed by atoms with van der Waals surface area (Å²) >= 11 is 9.34. The monoisotopic (exact) mass is 364 g/mol. The summed E-state index contributed by atoms with van der Waals surface area (Å²) in [6, 6.07) is 11.7. The fourth-order valence-electron chi connectivity index (χ4n) is 1.69. The number of amides is 1. The Morgan fingerprint density at radius 2 is 2.10 bits per heavy atom. The maximum atomic E-state index is 12.3. The van der Waals surface area contributed by atoms with Gasteiger partial charge in [-0.1, -0.05) is 11.6 Å². The molecule has 2 aromatic carbocycles. The fourth-order valence-corrected chi connectivity index (χ4v) is 2.28.